The summed E-state index contributed by atoms with van der Waals surface area (Å²) in [5, 5.41) is 11.0. The van der Waals surface area contributed by atoms with E-state index < -0.39 is 12.2 Å². The molecule has 5 nitrogen and oxygen atoms in total. The minimum absolute atomic E-state index is 0.0282. The minimum Gasteiger partial charge on any atom is -0.322 e. The molecule has 1 heterocycles. The lowest BCUT2D eigenvalue weighted by Gasteiger charge is -2.38. The zero-order valence-corrected chi connectivity index (χ0v) is 15.1. The lowest BCUT2D eigenvalue weighted by Crippen LogP contribution is -2.57. The number of hydrogen-bond acceptors (Lipinski definition) is 4. The summed E-state index contributed by atoms with van der Waals surface area (Å²) in [6.45, 7) is 10.5. The SMILES string of the molecule is CCCCC(C)NN(CC(=O)N1C[C@@H](F)C[C@H]1C#N)C(C)(C)C. The number of alkyl halides is 1. The molecule has 23 heavy (non-hydrogen) atoms. The summed E-state index contributed by atoms with van der Waals surface area (Å²) in [5.74, 6) is -0.193. The van der Waals surface area contributed by atoms with Crippen LogP contribution in [0.4, 0.5) is 4.39 Å². The van der Waals surface area contributed by atoms with Crippen molar-refractivity contribution < 1.29 is 9.18 Å². The Kier molecular flexibility index (Phi) is 7.43. The molecule has 3 atom stereocenters. The molecule has 0 saturated carbocycles. The summed E-state index contributed by atoms with van der Waals surface area (Å²) in [7, 11) is 0. The van der Waals surface area contributed by atoms with Gasteiger partial charge in [-0.1, -0.05) is 19.8 Å². The summed E-state index contributed by atoms with van der Waals surface area (Å²) in [6, 6.07) is 1.66. The van der Waals surface area contributed by atoms with Crippen LogP contribution in [0.1, 0.15) is 60.3 Å². The Bertz CT molecular complexity index is 429. The molecular formula is C17H31FN4O. The van der Waals surface area contributed by atoms with Gasteiger partial charge in [-0.15, -0.1) is 0 Å². The van der Waals surface area contributed by atoms with Crippen molar-refractivity contribution in [3.05, 3.63) is 0 Å². The van der Waals surface area contributed by atoms with Crippen LogP contribution < -0.4 is 5.43 Å². The fraction of sp³-hybridized carbons (Fsp3) is 0.882. The number of halogens is 1. The van der Waals surface area contributed by atoms with Crippen LogP contribution in [0, 0.1) is 11.3 Å². The highest BCUT2D eigenvalue weighted by Gasteiger charge is 2.37. The predicted octanol–water partition coefficient (Wildman–Crippen LogP) is 2.63. The smallest absolute Gasteiger partial charge is 0.239 e. The molecule has 1 amide bonds. The number of nitrogens with zero attached hydrogens (tertiary/aromatic N) is 3. The normalized spacial score (nSPS) is 23.1. The average Bonchev–Trinajstić information content (AvgIpc) is 2.84. The first-order valence-corrected chi connectivity index (χ1v) is 8.56. The lowest BCUT2D eigenvalue weighted by atomic mass is 10.1. The fourth-order valence-corrected chi connectivity index (χ4v) is 2.73. The van der Waals surface area contributed by atoms with E-state index >= 15 is 0 Å². The number of unbranched alkanes of at least 4 members (excludes halogenated alkanes) is 1. The molecule has 132 valence electrons. The summed E-state index contributed by atoms with van der Waals surface area (Å²) in [4.78, 5) is 13.9. The van der Waals surface area contributed by atoms with E-state index in [1.807, 2.05) is 31.8 Å². The number of likely N-dealkylation sites (tertiary alicyclic amines) is 1. The summed E-state index contributed by atoms with van der Waals surface area (Å²) in [6.07, 6.45) is 2.33. The average molecular weight is 326 g/mol. The highest BCUT2D eigenvalue weighted by molar-refractivity contribution is 5.79. The van der Waals surface area contributed by atoms with Gasteiger partial charge in [-0.05, 0) is 34.1 Å². The maximum absolute atomic E-state index is 13.5. The zero-order chi connectivity index (χ0) is 17.6. The van der Waals surface area contributed by atoms with Gasteiger partial charge in [-0.25, -0.2) is 9.40 Å². The van der Waals surface area contributed by atoms with Gasteiger partial charge in [0.25, 0.3) is 0 Å². The molecule has 1 unspecified atom stereocenters. The second-order valence-electron chi connectivity index (χ2n) is 7.45. The van der Waals surface area contributed by atoms with E-state index in [0.29, 0.717) is 0 Å². The maximum atomic E-state index is 13.5. The van der Waals surface area contributed by atoms with Gasteiger partial charge in [0.1, 0.15) is 12.2 Å². The Hall–Kier alpha value is -1.19. The minimum atomic E-state index is -1.09. The Labute approximate surface area is 139 Å². The first kappa shape index (κ1) is 19.9. The van der Waals surface area contributed by atoms with Crippen molar-refractivity contribution in [3.8, 4) is 6.07 Å². The second kappa shape index (κ2) is 8.60. The van der Waals surface area contributed by atoms with Gasteiger partial charge in [0, 0.05) is 18.0 Å². The van der Waals surface area contributed by atoms with E-state index in [1.165, 1.54) is 4.90 Å². The molecule has 1 N–H and O–H groups in total. The fourth-order valence-electron chi connectivity index (χ4n) is 2.73. The van der Waals surface area contributed by atoms with Gasteiger partial charge < -0.3 is 4.90 Å². The van der Waals surface area contributed by atoms with Crippen molar-refractivity contribution in [3.63, 3.8) is 0 Å². The van der Waals surface area contributed by atoms with E-state index in [4.69, 9.17) is 5.26 Å². The molecule has 1 rings (SSSR count). The maximum Gasteiger partial charge on any atom is 0.239 e. The van der Waals surface area contributed by atoms with E-state index in [1.54, 1.807) is 0 Å². The third kappa shape index (κ3) is 6.08. The highest BCUT2D eigenvalue weighted by atomic mass is 19.1. The molecule has 1 aliphatic rings. The van der Waals surface area contributed by atoms with Crippen LogP contribution in [0.3, 0.4) is 0 Å². The van der Waals surface area contributed by atoms with E-state index in [9.17, 15) is 9.18 Å². The molecule has 1 fully saturated rings. The standard InChI is InChI=1S/C17H31FN4O/c1-6-7-8-13(2)20-22(17(3,4)5)12-16(23)21-11-14(18)9-15(21)10-19/h13-15,20H,6-9,11-12H2,1-5H3/t13?,14-,15-/m0/s1. The molecule has 0 bridgehead atoms. The summed E-state index contributed by atoms with van der Waals surface area (Å²) < 4.78 is 13.5. The van der Waals surface area contributed by atoms with Crippen molar-refractivity contribution >= 4 is 5.91 Å². The van der Waals surface area contributed by atoms with Gasteiger partial charge >= 0.3 is 0 Å². The van der Waals surface area contributed by atoms with Gasteiger partial charge in [-0.3, -0.25) is 10.2 Å². The first-order valence-electron chi connectivity index (χ1n) is 8.56. The molecule has 1 saturated heterocycles. The van der Waals surface area contributed by atoms with Crippen LogP contribution in [-0.2, 0) is 4.79 Å². The molecule has 0 aromatic rings. The number of hydrazine groups is 1. The lowest BCUT2D eigenvalue weighted by molar-refractivity contribution is -0.135. The van der Waals surface area contributed by atoms with E-state index in [2.05, 4.69) is 19.3 Å². The summed E-state index contributed by atoms with van der Waals surface area (Å²) in [5.41, 5.74) is 3.16. The Morgan fingerprint density at radius 3 is 2.70 bits per heavy atom. The predicted molar refractivity (Wildman–Crippen MR) is 89.2 cm³/mol. The Morgan fingerprint density at radius 2 is 2.17 bits per heavy atom. The van der Waals surface area contributed by atoms with Crippen LogP contribution in [0.25, 0.3) is 0 Å². The molecule has 0 aromatic carbocycles. The van der Waals surface area contributed by atoms with Crippen LogP contribution in [0.15, 0.2) is 0 Å². The van der Waals surface area contributed by atoms with E-state index in [0.717, 1.165) is 19.3 Å². The molecule has 0 aliphatic carbocycles. The Morgan fingerprint density at radius 1 is 1.52 bits per heavy atom. The molecule has 0 radical (unpaired) electrons. The number of carbonyl (C=O) groups excluding carboxylic acids is 1. The van der Waals surface area contributed by atoms with Gasteiger partial charge in [-0.2, -0.15) is 5.26 Å². The number of amides is 1. The van der Waals surface area contributed by atoms with E-state index in [-0.39, 0.29) is 37.0 Å². The molecular weight excluding hydrogens is 295 g/mol. The third-order valence-corrected chi connectivity index (χ3v) is 4.19. The monoisotopic (exact) mass is 326 g/mol. The van der Waals surface area contributed by atoms with Crippen LogP contribution in [0.2, 0.25) is 0 Å². The molecule has 6 heteroatoms. The van der Waals surface area contributed by atoms with Crippen molar-refractivity contribution in [1.82, 2.24) is 15.3 Å². The number of rotatable bonds is 7. The van der Waals surface area contributed by atoms with Gasteiger partial charge in [0.2, 0.25) is 5.91 Å². The highest BCUT2D eigenvalue weighted by Crippen LogP contribution is 2.21. The largest absolute Gasteiger partial charge is 0.322 e. The van der Waals surface area contributed by atoms with Crippen LogP contribution >= 0.6 is 0 Å². The van der Waals surface area contributed by atoms with Crippen molar-refractivity contribution in [1.29, 1.82) is 5.26 Å². The van der Waals surface area contributed by atoms with Crippen LogP contribution in [-0.4, -0.2) is 52.7 Å². The number of nitrogens with one attached hydrogen (secondary N) is 1. The topological polar surface area (TPSA) is 59.4 Å². The van der Waals surface area contributed by atoms with Crippen molar-refractivity contribution in [2.45, 2.75) is 84.1 Å². The van der Waals surface area contributed by atoms with Gasteiger partial charge in [0.15, 0.2) is 0 Å². The number of hydrogen-bond donors (Lipinski definition) is 1. The first-order chi connectivity index (χ1) is 10.7. The Balaban J connectivity index is 2.70. The molecule has 0 aromatic heterocycles. The molecule has 0 spiro atoms. The zero-order valence-electron chi connectivity index (χ0n) is 15.1. The van der Waals surface area contributed by atoms with Crippen molar-refractivity contribution in [2.75, 3.05) is 13.1 Å². The van der Waals surface area contributed by atoms with Gasteiger partial charge in [0.05, 0.1) is 19.2 Å². The number of carbonyl (C=O) groups is 1. The quantitative estimate of drug-likeness (QED) is 0.731. The third-order valence-electron chi connectivity index (χ3n) is 4.19. The molecule has 1 aliphatic heterocycles. The van der Waals surface area contributed by atoms with Crippen molar-refractivity contribution in [2.24, 2.45) is 0 Å². The number of nitriles is 1. The summed E-state index contributed by atoms with van der Waals surface area (Å²) >= 11 is 0. The van der Waals surface area contributed by atoms with Crippen LogP contribution in [0.5, 0.6) is 0 Å². The second-order valence-corrected chi connectivity index (χ2v) is 7.45.